The Morgan fingerprint density at radius 1 is 1.00 bits per heavy atom. The fraction of sp³-hybridized carbons (Fsp3) is 0.320. The number of phenols is 1. The number of nitrogens with zero attached hydrogens (tertiary/aromatic N) is 2. The number of hydrogen-bond donors (Lipinski definition) is 2. The molecule has 1 amide bonds. The van der Waals surface area contributed by atoms with Crippen molar-refractivity contribution < 1.29 is 9.90 Å². The summed E-state index contributed by atoms with van der Waals surface area (Å²) < 4.78 is 0. The van der Waals surface area contributed by atoms with Gasteiger partial charge in [0.05, 0.1) is 17.6 Å². The number of carbonyl (C=O) groups excluding carboxylic acids is 1. The molecular weight excluding hydrogens is 374 g/mol. The Morgan fingerprint density at radius 2 is 1.73 bits per heavy atom. The average molecular weight is 402 g/mol. The average Bonchev–Trinajstić information content (AvgIpc) is 2.80. The maximum absolute atomic E-state index is 12.6. The van der Waals surface area contributed by atoms with Crippen LogP contribution < -0.4 is 5.32 Å². The Balaban J connectivity index is 1.54. The van der Waals surface area contributed by atoms with E-state index in [1.54, 1.807) is 18.3 Å². The molecule has 154 valence electrons. The molecule has 1 heterocycles. The van der Waals surface area contributed by atoms with Gasteiger partial charge in [0.15, 0.2) is 5.82 Å². The number of aryl methyl sites for hydroxylation is 1. The Kier molecular flexibility index (Phi) is 6.38. The Labute approximate surface area is 177 Å². The molecular formula is C25H27N3O2. The number of benzene rings is 2. The molecule has 4 rings (SSSR count). The first-order chi connectivity index (χ1) is 14.7. The van der Waals surface area contributed by atoms with Gasteiger partial charge in [0, 0.05) is 17.9 Å². The number of rotatable bonds is 6. The first kappa shape index (κ1) is 20.1. The van der Waals surface area contributed by atoms with Crippen molar-refractivity contribution in [3.05, 3.63) is 72.1 Å². The zero-order chi connectivity index (χ0) is 20.8. The highest BCUT2D eigenvalue weighted by Gasteiger charge is 2.23. The fourth-order valence-electron chi connectivity index (χ4n) is 4.03. The van der Waals surface area contributed by atoms with Gasteiger partial charge in [-0.15, -0.1) is 0 Å². The number of aromatic hydroxyl groups is 1. The number of nitrogens with one attached hydrogen (secondary N) is 1. The number of aromatic nitrogens is 2. The number of hydrogen-bond acceptors (Lipinski definition) is 4. The monoisotopic (exact) mass is 401 g/mol. The Hall–Kier alpha value is -3.21. The molecule has 0 aliphatic heterocycles. The summed E-state index contributed by atoms with van der Waals surface area (Å²) in [5.74, 6) is 1.08. The van der Waals surface area contributed by atoms with Crippen LogP contribution in [0.2, 0.25) is 0 Å². The maximum Gasteiger partial charge on any atom is 0.225 e. The van der Waals surface area contributed by atoms with Gasteiger partial charge in [-0.1, -0.05) is 49.6 Å². The summed E-state index contributed by atoms with van der Waals surface area (Å²) in [6.45, 7) is 0. The first-order valence-electron chi connectivity index (χ1n) is 10.7. The quantitative estimate of drug-likeness (QED) is 0.574. The summed E-state index contributed by atoms with van der Waals surface area (Å²) >= 11 is 0. The van der Waals surface area contributed by atoms with Crippen molar-refractivity contribution in [3.8, 4) is 17.0 Å². The fourth-order valence-corrected chi connectivity index (χ4v) is 4.03. The summed E-state index contributed by atoms with van der Waals surface area (Å²) in [7, 11) is 0. The molecule has 1 saturated carbocycles. The molecule has 0 unspecified atom stereocenters. The van der Waals surface area contributed by atoms with Gasteiger partial charge >= 0.3 is 0 Å². The van der Waals surface area contributed by atoms with Crippen LogP contribution in [0.5, 0.6) is 5.75 Å². The van der Waals surface area contributed by atoms with Crippen molar-refractivity contribution in [1.29, 1.82) is 0 Å². The van der Waals surface area contributed by atoms with Crippen LogP contribution >= 0.6 is 0 Å². The van der Waals surface area contributed by atoms with Crippen LogP contribution in [0, 0.1) is 0 Å². The second-order valence-corrected chi connectivity index (χ2v) is 7.90. The zero-order valence-corrected chi connectivity index (χ0v) is 17.1. The number of phenolic OH excluding ortho intramolecular Hbond substituents is 1. The van der Waals surface area contributed by atoms with Crippen LogP contribution in [0.25, 0.3) is 11.3 Å². The smallest absolute Gasteiger partial charge is 0.225 e. The van der Waals surface area contributed by atoms with Crippen LogP contribution in [-0.4, -0.2) is 21.0 Å². The molecule has 1 aliphatic carbocycles. The number of anilines is 1. The van der Waals surface area contributed by atoms with Gasteiger partial charge in [0.2, 0.25) is 5.91 Å². The van der Waals surface area contributed by atoms with E-state index in [4.69, 9.17) is 4.98 Å². The molecule has 30 heavy (non-hydrogen) atoms. The normalized spacial score (nSPS) is 14.4. The first-order valence-corrected chi connectivity index (χ1v) is 10.7. The third-order valence-corrected chi connectivity index (χ3v) is 5.70. The van der Waals surface area contributed by atoms with Gasteiger partial charge in [0.25, 0.3) is 0 Å². The molecule has 0 bridgehead atoms. The molecule has 2 N–H and O–H groups in total. The van der Waals surface area contributed by atoms with E-state index in [0.717, 1.165) is 35.4 Å². The van der Waals surface area contributed by atoms with E-state index in [1.165, 1.54) is 19.3 Å². The molecule has 1 aliphatic rings. The summed E-state index contributed by atoms with van der Waals surface area (Å²) in [4.78, 5) is 22.1. The highest BCUT2D eigenvalue weighted by Crippen LogP contribution is 2.35. The molecule has 0 spiro atoms. The van der Waals surface area contributed by atoms with Crippen molar-refractivity contribution in [2.75, 3.05) is 5.32 Å². The summed E-state index contributed by atoms with van der Waals surface area (Å²) in [5, 5.41) is 12.6. The maximum atomic E-state index is 12.6. The number of amides is 1. The topological polar surface area (TPSA) is 75.1 Å². The Morgan fingerprint density at radius 3 is 2.47 bits per heavy atom. The lowest BCUT2D eigenvalue weighted by Gasteiger charge is -2.23. The van der Waals surface area contributed by atoms with Crippen LogP contribution in [0.15, 0.2) is 60.8 Å². The molecule has 5 nitrogen and oxygen atoms in total. The zero-order valence-electron chi connectivity index (χ0n) is 17.1. The summed E-state index contributed by atoms with van der Waals surface area (Å²) in [5.41, 5.74) is 3.69. The molecule has 5 heteroatoms. The minimum atomic E-state index is -0.0393. The van der Waals surface area contributed by atoms with Crippen molar-refractivity contribution in [2.24, 2.45) is 0 Å². The highest BCUT2D eigenvalue weighted by molar-refractivity contribution is 5.90. The van der Waals surface area contributed by atoms with E-state index in [2.05, 4.69) is 10.3 Å². The minimum Gasteiger partial charge on any atom is -0.508 e. The second-order valence-electron chi connectivity index (χ2n) is 7.90. The molecule has 0 radical (unpaired) electrons. The van der Waals surface area contributed by atoms with E-state index < -0.39 is 0 Å². The van der Waals surface area contributed by atoms with Crippen molar-refractivity contribution in [3.63, 3.8) is 0 Å². The van der Waals surface area contributed by atoms with Crippen LogP contribution in [0.1, 0.15) is 55.7 Å². The second kappa shape index (κ2) is 9.53. The van der Waals surface area contributed by atoms with E-state index in [0.29, 0.717) is 24.6 Å². The molecule has 2 aromatic carbocycles. The van der Waals surface area contributed by atoms with Crippen molar-refractivity contribution in [1.82, 2.24) is 9.97 Å². The Bertz CT molecular complexity index is 981. The molecule has 0 atom stereocenters. The lowest BCUT2D eigenvalue weighted by molar-refractivity contribution is -0.116. The minimum absolute atomic E-state index is 0.0393. The van der Waals surface area contributed by atoms with Crippen molar-refractivity contribution >= 4 is 11.7 Å². The number of carbonyl (C=O) groups is 1. The third kappa shape index (κ3) is 5.03. The van der Waals surface area contributed by atoms with Gasteiger partial charge in [-0.05, 0) is 49.1 Å². The predicted molar refractivity (Wildman–Crippen MR) is 118 cm³/mol. The predicted octanol–water partition coefficient (Wildman–Crippen LogP) is 5.47. The largest absolute Gasteiger partial charge is 0.508 e. The van der Waals surface area contributed by atoms with Crippen LogP contribution in [0.4, 0.5) is 5.82 Å². The van der Waals surface area contributed by atoms with Gasteiger partial charge in [-0.3, -0.25) is 4.79 Å². The third-order valence-electron chi connectivity index (χ3n) is 5.70. The van der Waals surface area contributed by atoms with E-state index >= 15 is 0 Å². The van der Waals surface area contributed by atoms with Gasteiger partial charge < -0.3 is 10.4 Å². The lowest BCUT2D eigenvalue weighted by atomic mass is 9.86. The van der Waals surface area contributed by atoms with Gasteiger partial charge in [0.1, 0.15) is 5.75 Å². The van der Waals surface area contributed by atoms with Gasteiger partial charge in [-0.2, -0.15) is 0 Å². The van der Waals surface area contributed by atoms with E-state index in [9.17, 15) is 9.90 Å². The summed E-state index contributed by atoms with van der Waals surface area (Å²) in [6, 6.07) is 17.0. The standard InChI is InChI=1S/C25H27N3O2/c29-21-14-12-19(13-15-21)22-17-26-25(24(27-22)20-9-5-2-6-10-20)28-23(30)16-11-18-7-3-1-4-8-18/h1,3-4,7-8,12-15,17,20,29H,2,5-6,9-11,16H2,(H,26,28,30). The van der Waals surface area contributed by atoms with Gasteiger partial charge in [-0.25, -0.2) is 9.97 Å². The lowest BCUT2D eigenvalue weighted by Crippen LogP contribution is -2.18. The molecule has 0 saturated heterocycles. The van der Waals surface area contributed by atoms with Crippen molar-refractivity contribution in [2.45, 2.75) is 50.9 Å². The van der Waals surface area contributed by atoms with Crippen LogP contribution in [-0.2, 0) is 11.2 Å². The molecule has 1 aromatic heterocycles. The summed E-state index contributed by atoms with van der Waals surface area (Å²) in [6.07, 6.45) is 8.56. The van der Waals surface area contributed by atoms with E-state index in [-0.39, 0.29) is 11.7 Å². The highest BCUT2D eigenvalue weighted by atomic mass is 16.3. The van der Waals surface area contributed by atoms with Crippen LogP contribution in [0.3, 0.4) is 0 Å². The molecule has 1 fully saturated rings. The SMILES string of the molecule is O=C(CCc1ccccc1)Nc1ncc(-c2ccc(O)cc2)nc1C1CCCCC1. The molecule has 3 aromatic rings. The van der Waals surface area contributed by atoms with E-state index in [1.807, 2.05) is 42.5 Å².